The Bertz CT molecular complexity index is 652. The van der Waals surface area contributed by atoms with Crippen LogP contribution in [0.15, 0.2) is 36.4 Å². The number of fused-ring (bicyclic) bond motifs is 1. The molecule has 1 unspecified atom stereocenters. The quantitative estimate of drug-likeness (QED) is 0.624. The van der Waals surface area contributed by atoms with Crippen LogP contribution in [0.5, 0.6) is 5.75 Å². The zero-order valence-electron chi connectivity index (χ0n) is 12.6. The lowest BCUT2D eigenvalue weighted by molar-refractivity contribution is 0.338. The maximum absolute atomic E-state index is 10.1. The molecule has 0 spiro atoms. The van der Waals surface area contributed by atoms with E-state index in [1.807, 2.05) is 19.1 Å². The number of nitrogens with zero attached hydrogens (tertiary/aromatic N) is 1. The minimum absolute atomic E-state index is 0.241. The van der Waals surface area contributed by atoms with Gasteiger partial charge in [0.25, 0.3) is 0 Å². The Morgan fingerprint density at radius 2 is 1.95 bits per heavy atom. The third kappa shape index (κ3) is 2.49. The number of rotatable bonds is 1. The molecule has 3 heteroatoms. The average molecular weight is 282 g/mol. The maximum atomic E-state index is 10.1. The molecular formula is C18H22N2O. The second-order valence-corrected chi connectivity index (χ2v) is 5.98. The van der Waals surface area contributed by atoms with Crippen LogP contribution >= 0.6 is 0 Å². The zero-order chi connectivity index (χ0) is 15.0. The molecule has 1 heterocycles. The topological polar surface area (TPSA) is 49.5 Å². The Balaban J connectivity index is 2.18. The predicted molar refractivity (Wildman–Crippen MR) is 86.7 cm³/mol. The summed E-state index contributed by atoms with van der Waals surface area (Å²) >= 11 is 0. The first-order chi connectivity index (χ1) is 10.1. The van der Waals surface area contributed by atoms with Gasteiger partial charge in [0.15, 0.2) is 0 Å². The highest BCUT2D eigenvalue weighted by atomic mass is 16.3. The molecule has 0 bridgehead atoms. The van der Waals surface area contributed by atoms with E-state index in [0.29, 0.717) is 11.6 Å². The summed E-state index contributed by atoms with van der Waals surface area (Å²) in [7, 11) is 2.15. The van der Waals surface area contributed by atoms with Crippen molar-refractivity contribution in [1.82, 2.24) is 4.90 Å². The van der Waals surface area contributed by atoms with Gasteiger partial charge in [-0.25, -0.2) is 0 Å². The van der Waals surface area contributed by atoms with Gasteiger partial charge in [0.05, 0.1) is 5.69 Å². The Morgan fingerprint density at radius 1 is 1.24 bits per heavy atom. The minimum atomic E-state index is 0.241. The third-order valence-corrected chi connectivity index (χ3v) is 4.56. The number of hydrogen-bond acceptors (Lipinski definition) is 3. The normalized spacial score (nSPS) is 19.0. The standard InChI is InChI=1S/C18H22N2O/c1-12-14-8-9-20(2)11-16(13-6-4-3-5-7-13)15(14)10-17(19)18(12)21/h3-7,10,16,21H,8-9,11,19H2,1-2H3. The highest BCUT2D eigenvalue weighted by Crippen LogP contribution is 2.38. The molecule has 21 heavy (non-hydrogen) atoms. The number of hydrogen-bond donors (Lipinski definition) is 2. The van der Waals surface area contributed by atoms with Crippen LogP contribution in [0.4, 0.5) is 5.69 Å². The summed E-state index contributed by atoms with van der Waals surface area (Å²) < 4.78 is 0. The molecule has 1 aliphatic rings. The van der Waals surface area contributed by atoms with Crippen molar-refractivity contribution in [2.45, 2.75) is 19.3 Å². The van der Waals surface area contributed by atoms with Gasteiger partial charge in [-0.1, -0.05) is 30.3 Å². The molecular weight excluding hydrogens is 260 g/mol. The lowest BCUT2D eigenvalue weighted by Crippen LogP contribution is -2.24. The van der Waals surface area contributed by atoms with E-state index in [0.717, 1.165) is 25.1 Å². The fourth-order valence-corrected chi connectivity index (χ4v) is 3.32. The lowest BCUT2D eigenvalue weighted by atomic mass is 9.85. The number of benzene rings is 2. The predicted octanol–water partition coefficient (Wildman–Crippen LogP) is 2.90. The van der Waals surface area contributed by atoms with Crippen LogP contribution in [0.3, 0.4) is 0 Å². The monoisotopic (exact) mass is 282 g/mol. The second kappa shape index (κ2) is 5.41. The van der Waals surface area contributed by atoms with Crippen molar-refractivity contribution in [2.24, 2.45) is 0 Å². The largest absolute Gasteiger partial charge is 0.506 e. The van der Waals surface area contributed by atoms with Crippen molar-refractivity contribution < 1.29 is 5.11 Å². The van der Waals surface area contributed by atoms with E-state index in [1.165, 1.54) is 16.7 Å². The lowest BCUT2D eigenvalue weighted by Gasteiger charge is -2.23. The van der Waals surface area contributed by atoms with Crippen LogP contribution in [-0.2, 0) is 6.42 Å². The van der Waals surface area contributed by atoms with E-state index < -0.39 is 0 Å². The van der Waals surface area contributed by atoms with Gasteiger partial charge < -0.3 is 15.7 Å². The summed E-state index contributed by atoms with van der Waals surface area (Å²) in [6.07, 6.45) is 0.953. The van der Waals surface area contributed by atoms with Crippen molar-refractivity contribution in [3.8, 4) is 5.75 Å². The van der Waals surface area contributed by atoms with Crippen LogP contribution in [0.25, 0.3) is 0 Å². The number of nitrogen functional groups attached to an aromatic ring is 1. The SMILES string of the molecule is Cc1c(O)c(N)cc2c1CCN(C)CC2c1ccccc1. The number of anilines is 1. The first kappa shape index (κ1) is 14.0. The smallest absolute Gasteiger partial charge is 0.141 e. The van der Waals surface area contributed by atoms with Crippen molar-refractivity contribution in [3.63, 3.8) is 0 Å². The number of nitrogens with two attached hydrogens (primary N) is 1. The average Bonchev–Trinajstić information content (AvgIpc) is 2.65. The molecule has 0 saturated heterocycles. The number of likely N-dealkylation sites (N-methyl/N-ethyl adjacent to an activating group) is 1. The molecule has 0 radical (unpaired) electrons. The minimum Gasteiger partial charge on any atom is -0.506 e. The van der Waals surface area contributed by atoms with Gasteiger partial charge in [-0.3, -0.25) is 0 Å². The fourth-order valence-electron chi connectivity index (χ4n) is 3.32. The number of phenolic OH excluding ortho intramolecular Hbond substituents is 1. The first-order valence-corrected chi connectivity index (χ1v) is 7.42. The Kier molecular flexibility index (Phi) is 3.60. The highest BCUT2D eigenvalue weighted by molar-refractivity contribution is 5.63. The van der Waals surface area contributed by atoms with Gasteiger partial charge >= 0.3 is 0 Å². The molecule has 0 aromatic heterocycles. The Labute approximate surface area is 126 Å². The molecule has 0 fully saturated rings. The summed E-state index contributed by atoms with van der Waals surface area (Å²) in [6, 6.07) is 12.5. The van der Waals surface area contributed by atoms with Gasteiger partial charge in [0, 0.05) is 19.0 Å². The maximum Gasteiger partial charge on any atom is 0.141 e. The van der Waals surface area contributed by atoms with Gasteiger partial charge in [0.1, 0.15) is 5.75 Å². The number of phenols is 1. The van der Waals surface area contributed by atoms with E-state index in [4.69, 9.17) is 5.73 Å². The van der Waals surface area contributed by atoms with E-state index >= 15 is 0 Å². The van der Waals surface area contributed by atoms with Crippen molar-refractivity contribution in [2.75, 3.05) is 25.9 Å². The number of aromatic hydroxyl groups is 1. The molecule has 3 nitrogen and oxygen atoms in total. The molecule has 3 N–H and O–H groups in total. The zero-order valence-corrected chi connectivity index (χ0v) is 12.6. The molecule has 0 amide bonds. The van der Waals surface area contributed by atoms with Crippen LogP contribution in [0, 0.1) is 6.92 Å². The Morgan fingerprint density at radius 3 is 2.67 bits per heavy atom. The molecule has 0 aliphatic carbocycles. The van der Waals surface area contributed by atoms with Gasteiger partial charge in [-0.2, -0.15) is 0 Å². The van der Waals surface area contributed by atoms with Gasteiger partial charge in [0.2, 0.25) is 0 Å². The molecule has 110 valence electrons. The molecule has 1 aliphatic heterocycles. The molecule has 3 rings (SSSR count). The van der Waals surface area contributed by atoms with Crippen LogP contribution < -0.4 is 5.73 Å². The molecule has 2 aromatic rings. The van der Waals surface area contributed by atoms with Gasteiger partial charge in [-0.15, -0.1) is 0 Å². The summed E-state index contributed by atoms with van der Waals surface area (Å²) in [5.41, 5.74) is 11.2. The van der Waals surface area contributed by atoms with Crippen LogP contribution in [0.1, 0.15) is 28.2 Å². The van der Waals surface area contributed by atoms with E-state index in [1.54, 1.807) is 0 Å². The summed E-state index contributed by atoms with van der Waals surface area (Å²) in [6.45, 7) is 3.94. The van der Waals surface area contributed by atoms with E-state index in [2.05, 4.69) is 36.2 Å². The van der Waals surface area contributed by atoms with Crippen molar-refractivity contribution in [3.05, 3.63) is 58.7 Å². The highest BCUT2D eigenvalue weighted by Gasteiger charge is 2.25. The third-order valence-electron chi connectivity index (χ3n) is 4.56. The van der Waals surface area contributed by atoms with Gasteiger partial charge in [-0.05, 0) is 48.7 Å². The van der Waals surface area contributed by atoms with E-state index in [9.17, 15) is 5.11 Å². The summed E-state index contributed by atoms with van der Waals surface area (Å²) in [5, 5.41) is 10.1. The van der Waals surface area contributed by atoms with Crippen LogP contribution in [0.2, 0.25) is 0 Å². The molecule has 1 atom stereocenters. The molecule has 2 aromatic carbocycles. The fraction of sp³-hybridized carbons (Fsp3) is 0.333. The van der Waals surface area contributed by atoms with Crippen molar-refractivity contribution in [1.29, 1.82) is 0 Å². The first-order valence-electron chi connectivity index (χ1n) is 7.42. The Hall–Kier alpha value is -2.00. The molecule has 0 saturated carbocycles. The van der Waals surface area contributed by atoms with E-state index in [-0.39, 0.29) is 5.75 Å². The second-order valence-electron chi connectivity index (χ2n) is 5.98. The van der Waals surface area contributed by atoms with Crippen LogP contribution in [-0.4, -0.2) is 30.1 Å². The summed E-state index contributed by atoms with van der Waals surface area (Å²) in [4.78, 5) is 2.35. The summed E-state index contributed by atoms with van der Waals surface area (Å²) in [5.74, 6) is 0.542. The van der Waals surface area contributed by atoms with Crippen molar-refractivity contribution >= 4 is 5.69 Å².